The molecule has 0 aliphatic heterocycles. The second-order valence-corrected chi connectivity index (χ2v) is 1.35. The quantitative estimate of drug-likeness (QED) is 0.448. The van der Waals surface area contributed by atoms with E-state index in [2.05, 4.69) is 16.6 Å². The van der Waals surface area contributed by atoms with Gasteiger partial charge in [0.2, 0.25) is 0 Å². The molecule has 2 nitrogen and oxygen atoms in total. The molecule has 0 bridgehead atoms. The maximum absolute atomic E-state index is 3.87. The summed E-state index contributed by atoms with van der Waals surface area (Å²) in [6.45, 7) is 13.4. The van der Waals surface area contributed by atoms with E-state index in [0.29, 0.717) is 0 Å². The molecule has 0 aliphatic rings. The number of allylic oxidation sites excluding steroid dienone is 1. The Bertz CT molecular complexity index is 124. The van der Waals surface area contributed by atoms with Crippen molar-refractivity contribution in [3.63, 3.8) is 0 Å². The smallest absolute Gasteiger partial charge is 0.109 e. The summed E-state index contributed by atoms with van der Waals surface area (Å²) in [5.74, 6) is 0. The molecule has 0 N–H and O–H groups in total. The van der Waals surface area contributed by atoms with E-state index in [-0.39, 0.29) is 0 Å². The van der Waals surface area contributed by atoms with Crippen molar-refractivity contribution in [2.24, 2.45) is 9.98 Å². The molecule has 0 aromatic carbocycles. The Kier molecular flexibility index (Phi) is 32.3. The molecule has 0 aromatic rings. The first-order chi connectivity index (χ1) is 5.81. The summed E-state index contributed by atoms with van der Waals surface area (Å²) in [5.41, 5.74) is 0.885. The minimum atomic E-state index is 0.885. The van der Waals surface area contributed by atoms with Gasteiger partial charge in [-0.25, -0.2) is 4.99 Å². The highest BCUT2D eigenvalue weighted by molar-refractivity contribution is 5.96. The van der Waals surface area contributed by atoms with Gasteiger partial charge in [0.05, 0.1) is 0 Å². The Morgan fingerprint density at radius 2 is 1.58 bits per heavy atom. The van der Waals surface area contributed by atoms with Crippen LogP contribution in [-0.2, 0) is 0 Å². The average Bonchev–Trinajstić information content (AvgIpc) is 2.20. The Morgan fingerprint density at radius 3 is 1.83 bits per heavy atom. The normalized spacial score (nSPS) is 9.33. The van der Waals surface area contributed by atoms with E-state index in [1.54, 1.807) is 13.1 Å². The van der Waals surface area contributed by atoms with Crippen molar-refractivity contribution in [3.8, 4) is 0 Å². The third kappa shape index (κ3) is 23.0. The van der Waals surface area contributed by atoms with Crippen LogP contribution in [0.2, 0.25) is 0 Å². The molecule has 0 radical (unpaired) electrons. The van der Waals surface area contributed by atoms with E-state index in [1.807, 2.05) is 34.6 Å². The predicted molar refractivity (Wildman–Crippen MR) is 60.4 cm³/mol. The lowest BCUT2D eigenvalue weighted by Gasteiger charge is -1.80. The SMILES string of the molecule is C=CC(C)=NC=NC.CC.CC. The van der Waals surface area contributed by atoms with Crippen LogP contribution in [0.15, 0.2) is 22.6 Å². The zero-order valence-electron chi connectivity index (χ0n) is 9.26. The number of rotatable bonds is 2. The van der Waals surface area contributed by atoms with Gasteiger partial charge >= 0.3 is 0 Å². The molecular formula is C10H22N2. The van der Waals surface area contributed by atoms with Gasteiger partial charge in [-0.05, 0) is 13.0 Å². The van der Waals surface area contributed by atoms with Gasteiger partial charge in [0, 0.05) is 12.8 Å². The number of hydrogen-bond acceptors (Lipinski definition) is 1. The third-order valence-electron chi connectivity index (χ3n) is 0.672. The highest BCUT2D eigenvalue weighted by Gasteiger charge is 1.72. The minimum Gasteiger partial charge on any atom is -0.277 e. The standard InChI is InChI=1S/C6H10N2.2C2H6/c1-4-6(2)8-5-7-3;2*1-2/h4-5H,1H2,2-3H3;2*1-2H3. The molecule has 0 amide bonds. The first-order valence-electron chi connectivity index (χ1n) is 4.38. The molecule has 0 atom stereocenters. The van der Waals surface area contributed by atoms with Crippen LogP contribution in [0.5, 0.6) is 0 Å². The van der Waals surface area contributed by atoms with Crippen LogP contribution in [-0.4, -0.2) is 19.1 Å². The third-order valence-corrected chi connectivity index (χ3v) is 0.672. The van der Waals surface area contributed by atoms with Crippen molar-refractivity contribution in [3.05, 3.63) is 12.7 Å². The summed E-state index contributed by atoms with van der Waals surface area (Å²) in [6.07, 6.45) is 3.18. The van der Waals surface area contributed by atoms with E-state index >= 15 is 0 Å². The average molecular weight is 170 g/mol. The highest BCUT2D eigenvalue weighted by Crippen LogP contribution is 1.73. The van der Waals surface area contributed by atoms with Crippen molar-refractivity contribution in [1.29, 1.82) is 0 Å². The molecule has 0 aliphatic carbocycles. The Hall–Kier alpha value is -0.920. The lowest BCUT2D eigenvalue weighted by Crippen LogP contribution is -1.81. The Labute approximate surface area is 77.1 Å². The predicted octanol–water partition coefficient (Wildman–Crippen LogP) is 3.34. The highest BCUT2D eigenvalue weighted by atomic mass is 14.8. The fourth-order valence-corrected chi connectivity index (χ4v) is 0.202. The summed E-state index contributed by atoms with van der Waals surface area (Å²) in [5, 5.41) is 0. The Morgan fingerprint density at radius 1 is 1.17 bits per heavy atom. The van der Waals surface area contributed by atoms with Crippen LogP contribution in [0.4, 0.5) is 0 Å². The molecule has 2 heteroatoms. The lowest BCUT2D eigenvalue weighted by molar-refractivity contribution is 1.44. The van der Waals surface area contributed by atoms with E-state index in [0.717, 1.165) is 5.71 Å². The Balaban J connectivity index is -0.000000175. The molecular weight excluding hydrogens is 148 g/mol. The molecule has 12 heavy (non-hydrogen) atoms. The fraction of sp³-hybridized carbons (Fsp3) is 0.600. The molecule has 0 heterocycles. The van der Waals surface area contributed by atoms with E-state index in [4.69, 9.17) is 0 Å². The summed E-state index contributed by atoms with van der Waals surface area (Å²) in [7, 11) is 1.68. The molecule has 0 fully saturated rings. The van der Waals surface area contributed by atoms with Crippen LogP contribution in [0.3, 0.4) is 0 Å². The van der Waals surface area contributed by atoms with Crippen molar-refractivity contribution in [1.82, 2.24) is 0 Å². The van der Waals surface area contributed by atoms with Crippen LogP contribution >= 0.6 is 0 Å². The molecule has 0 spiro atoms. The first-order valence-corrected chi connectivity index (χ1v) is 4.38. The monoisotopic (exact) mass is 170 g/mol. The molecule has 72 valence electrons. The van der Waals surface area contributed by atoms with E-state index in [1.165, 1.54) is 6.34 Å². The second-order valence-electron chi connectivity index (χ2n) is 1.35. The number of nitrogens with zero attached hydrogens (tertiary/aromatic N) is 2. The van der Waals surface area contributed by atoms with Crippen LogP contribution < -0.4 is 0 Å². The molecule has 0 rings (SSSR count). The van der Waals surface area contributed by atoms with Gasteiger partial charge in [-0.2, -0.15) is 0 Å². The van der Waals surface area contributed by atoms with Gasteiger partial charge in [-0.1, -0.05) is 34.3 Å². The molecule has 0 unspecified atom stereocenters. The summed E-state index contributed by atoms with van der Waals surface area (Å²) >= 11 is 0. The summed E-state index contributed by atoms with van der Waals surface area (Å²) in [6, 6.07) is 0. The zero-order valence-corrected chi connectivity index (χ0v) is 9.26. The maximum atomic E-state index is 3.87. The molecule has 0 saturated carbocycles. The topological polar surface area (TPSA) is 24.7 Å². The summed E-state index contributed by atoms with van der Waals surface area (Å²) < 4.78 is 0. The van der Waals surface area contributed by atoms with E-state index in [9.17, 15) is 0 Å². The zero-order chi connectivity index (χ0) is 10.4. The van der Waals surface area contributed by atoms with Crippen molar-refractivity contribution in [2.75, 3.05) is 7.05 Å². The van der Waals surface area contributed by atoms with Gasteiger partial charge in [-0.15, -0.1) is 0 Å². The van der Waals surface area contributed by atoms with Crippen LogP contribution in [0.1, 0.15) is 34.6 Å². The van der Waals surface area contributed by atoms with Gasteiger partial charge in [0.1, 0.15) is 6.34 Å². The lowest BCUT2D eigenvalue weighted by atomic mass is 10.4. The maximum Gasteiger partial charge on any atom is 0.109 e. The van der Waals surface area contributed by atoms with Gasteiger partial charge in [-0.3, -0.25) is 4.99 Å². The van der Waals surface area contributed by atoms with Crippen LogP contribution in [0.25, 0.3) is 0 Å². The van der Waals surface area contributed by atoms with E-state index < -0.39 is 0 Å². The number of aliphatic imine (C=N–C) groups is 2. The first kappa shape index (κ1) is 17.2. The van der Waals surface area contributed by atoms with Crippen molar-refractivity contribution in [2.45, 2.75) is 34.6 Å². The van der Waals surface area contributed by atoms with Crippen LogP contribution in [0, 0.1) is 0 Å². The molecule has 0 aromatic heterocycles. The van der Waals surface area contributed by atoms with Crippen molar-refractivity contribution < 1.29 is 0 Å². The fourth-order valence-electron chi connectivity index (χ4n) is 0.202. The molecule has 0 saturated heterocycles. The summed E-state index contributed by atoms with van der Waals surface area (Å²) in [4.78, 5) is 7.53. The second kappa shape index (κ2) is 22.5. The largest absolute Gasteiger partial charge is 0.277 e. The van der Waals surface area contributed by atoms with Gasteiger partial charge in [0.25, 0.3) is 0 Å². The van der Waals surface area contributed by atoms with Crippen molar-refractivity contribution >= 4 is 12.1 Å². The van der Waals surface area contributed by atoms with Gasteiger partial charge < -0.3 is 0 Å². The number of hydrogen-bond donors (Lipinski definition) is 0. The van der Waals surface area contributed by atoms with Gasteiger partial charge in [0.15, 0.2) is 0 Å². The minimum absolute atomic E-state index is 0.885.